The quantitative estimate of drug-likeness (QED) is 0.555. The minimum Gasteiger partial charge on any atom is -0.468 e. The Morgan fingerprint density at radius 1 is 1.17 bits per heavy atom. The summed E-state index contributed by atoms with van der Waals surface area (Å²) in [5, 5.41) is 0. The third-order valence-electron chi connectivity index (χ3n) is 7.76. The van der Waals surface area contributed by atoms with Crippen LogP contribution in [0.1, 0.15) is 45.1 Å². The third kappa shape index (κ3) is 4.58. The second kappa shape index (κ2) is 9.65. The lowest BCUT2D eigenvalue weighted by atomic mass is 9.59. The third-order valence-corrected chi connectivity index (χ3v) is 8.70. The van der Waals surface area contributed by atoms with Crippen molar-refractivity contribution in [3.8, 4) is 11.5 Å². The van der Waals surface area contributed by atoms with Crippen molar-refractivity contribution >= 4 is 29.5 Å². The van der Waals surface area contributed by atoms with Crippen molar-refractivity contribution in [1.82, 2.24) is 9.80 Å². The number of rotatable bonds is 5. The van der Waals surface area contributed by atoms with E-state index in [9.17, 15) is 14.4 Å². The lowest BCUT2D eigenvalue weighted by molar-refractivity contribution is -0.163. The van der Waals surface area contributed by atoms with Crippen molar-refractivity contribution in [2.24, 2.45) is 16.7 Å². The van der Waals surface area contributed by atoms with Crippen LogP contribution in [0, 0.1) is 16.7 Å². The molecule has 9 heteroatoms. The van der Waals surface area contributed by atoms with Crippen molar-refractivity contribution in [2.75, 3.05) is 38.5 Å². The van der Waals surface area contributed by atoms with Crippen molar-refractivity contribution in [3.05, 3.63) is 35.5 Å². The van der Waals surface area contributed by atoms with Gasteiger partial charge in [0, 0.05) is 42.6 Å². The van der Waals surface area contributed by atoms with Gasteiger partial charge in [0.25, 0.3) is 0 Å². The van der Waals surface area contributed by atoms with Crippen LogP contribution in [0.15, 0.2) is 30.0 Å². The van der Waals surface area contributed by atoms with E-state index in [4.69, 9.17) is 14.2 Å². The number of thioether (sulfide) groups is 1. The Bertz CT molecular complexity index is 1100. The molecule has 36 heavy (non-hydrogen) atoms. The first-order chi connectivity index (χ1) is 17.2. The number of esters is 1. The summed E-state index contributed by atoms with van der Waals surface area (Å²) in [4.78, 5) is 44.2. The molecule has 194 valence electrons. The van der Waals surface area contributed by atoms with Crippen molar-refractivity contribution in [1.29, 1.82) is 0 Å². The summed E-state index contributed by atoms with van der Waals surface area (Å²) in [5.41, 5.74) is 0.469. The van der Waals surface area contributed by atoms with E-state index in [-0.39, 0.29) is 43.0 Å². The van der Waals surface area contributed by atoms with Gasteiger partial charge in [-0.1, -0.05) is 26.0 Å². The van der Waals surface area contributed by atoms with Crippen LogP contribution in [0.25, 0.3) is 0 Å². The molecule has 2 saturated heterocycles. The average molecular weight is 515 g/mol. The van der Waals surface area contributed by atoms with Gasteiger partial charge in [-0.05, 0) is 42.4 Å². The fourth-order valence-electron chi connectivity index (χ4n) is 6.09. The zero-order valence-corrected chi connectivity index (χ0v) is 22.0. The maximum atomic E-state index is 14.0. The van der Waals surface area contributed by atoms with E-state index >= 15 is 0 Å². The average Bonchev–Trinajstić information content (AvgIpc) is 3.34. The number of amides is 2. The zero-order valence-electron chi connectivity index (χ0n) is 21.2. The van der Waals surface area contributed by atoms with E-state index in [1.54, 1.807) is 4.90 Å². The Balaban J connectivity index is 1.50. The molecule has 2 atom stereocenters. The standard InChI is InChI=1S/C27H34N2O6S/c1-26(2)7-6-22-27(16-26,25(32)33-3)14-19(13-23(30)28-8-10-36-11-9-28)24(31)29(22)15-18-4-5-20-21(12-18)35-17-34-20/h4-6,12,19H,7-11,13-17H2,1-3H3/t19-,27-/m1/s1. The molecular weight excluding hydrogens is 480 g/mol. The second-order valence-electron chi connectivity index (χ2n) is 10.9. The monoisotopic (exact) mass is 514 g/mol. The van der Waals surface area contributed by atoms with E-state index in [0.717, 1.165) is 23.5 Å². The number of likely N-dealkylation sites (tertiary alicyclic amines) is 1. The number of carbonyl (C=O) groups is 3. The van der Waals surface area contributed by atoms with E-state index in [1.165, 1.54) is 7.11 Å². The highest BCUT2D eigenvalue weighted by molar-refractivity contribution is 7.99. The molecule has 3 aliphatic heterocycles. The van der Waals surface area contributed by atoms with Gasteiger partial charge in [0.1, 0.15) is 5.41 Å². The summed E-state index contributed by atoms with van der Waals surface area (Å²) >= 11 is 1.84. The fourth-order valence-corrected chi connectivity index (χ4v) is 7.00. The molecule has 0 aromatic heterocycles. The van der Waals surface area contributed by atoms with Crippen LogP contribution in [0.4, 0.5) is 0 Å². The van der Waals surface area contributed by atoms with Crippen LogP contribution >= 0.6 is 11.8 Å². The summed E-state index contributed by atoms with van der Waals surface area (Å²) in [6.45, 7) is 6.12. The molecule has 0 spiro atoms. The van der Waals surface area contributed by atoms with Crippen LogP contribution in [0.5, 0.6) is 11.5 Å². The van der Waals surface area contributed by atoms with Gasteiger partial charge >= 0.3 is 5.97 Å². The Kier molecular flexibility index (Phi) is 6.70. The molecule has 1 aromatic carbocycles. The Morgan fingerprint density at radius 3 is 2.67 bits per heavy atom. The Morgan fingerprint density at radius 2 is 1.92 bits per heavy atom. The number of allylic oxidation sites excluding steroid dienone is 1. The maximum absolute atomic E-state index is 14.0. The van der Waals surface area contributed by atoms with Gasteiger partial charge in [-0.2, -0.15) is 11.8 Å². The molecule has 1 aliphatic carbocycles. The highest BCUT2D eigenvalue weighted by Gasteiger charge is 2.57. The summed E-state index contributed by atoms with van der Waals surface area (Å²) < 4.78 is 16.3. The van der Waals surface area contributed by atoms with Crippen LogP contribution in [-0.4, -0.2) is 66.1 Å². The van der Waals surface area contributed by atoms with Crippen molar-refractivity contribution < 1.29 is 28.6 Å². The maximum Gasteiger partial charge on any atom is 0.317 e. The molecule has 3 heterocycles. The largest absolute Gasteiger partial charge is 0.468 e. The lowest BCUT2D eigenvalue weighted by Crippen LogP contribution is -2.55. The molecular formula is C27H34N2O6S. The molecule has 4 aliphatic rings. The number of nitrogens with zero attached hydrogens (tertiary/aromatic N) is 2. The number of piperidine rings is 1. The van der Waals surface area contributed by atoms with Gasteiger partial charge in [-0.15, -0.1) is 0 Å². The van der Waals surface area contributed by atoms with Gasteiger partial charge in [0.15, 0.2) is 11.5 Å². The number of carbonyl (C=O) groups excluding carboxylic acids is 3. The fraction of sp³-hybridized carbons (Fsp3) is 0.593. The number of methoxy groups -OCH3 is 1. The number of ether oxygens (including phenoxy) is 3. The normalized spacial score (nSPS) is 26.8. The predicted octanol–water partition coefficient (Wildman–Crippen LogP) is 3.59. The SMILES string of the molecule is COC(=O)[C@@]12C[C@@H](CC(=O)N3CCSCC3)C(=O)N(Cc3ccc4c(c3)OCO4)C1=CCC(C)(C)C2. The summed E-state index contributed by atoms with van der Waals surface area (Å²) in [7, 11) is 1.40. The molecule has 0 N–H and O–H groups in total. The summed E-state index contributed by atoms with van der Waals surface area (Å²) in [6, 6.07) is 5.63. The van der Waals surface area contributed by atoms with E-state index in [2.05, 4.69) is 13.8 Å². The van der Waals surface area contributed by atoms with Crippen LogP contribution in [0.2, 0.25) is 0 Å². The van der Waals surface area contributed by atoms with Gasteiger partial charge in [-0.3, -0.25) is 14.4 Å². The lowest BCUT2D eigenvalue weighted by Gasteiger charge is -2.51. The topological polar surface area (TPSA) is 85.4 Å². The minimum atomic E-state index is -0.969. The van der Waals surface area contributed by atoms with Crippen LogP contribution < -0.4 is 9.47 Å². The first-order valence-corrected chi connectivity index (χ1v) is 13.7. The van der Waals surface area contributed by atoms with Crippen molar-refractivity contribution in [3.63, 3.8) is 0 Å². The van der Waals surface area contributed by atoms with Gasteiger partial charge in [-0.25, -0.2) is 0 Å². The predicted molar refractivity (Wildman–Crippen MR) is 135 cm³/mol. The molecule has 2 fully saturated rings. The molecule has 0 unspecified atom stereocenters. The van der Waals surface area contributed by atoms with Gasteiger partial charge < -0.3 is 24.0 Å². The van der Waals surface area contributed by atoms with Crippen LogP contribution in [-0.2, 0) is 25.7 Å². The highest BCUT2D eigenvalue weighted by atomic mass is 32.2. The molecule has 1 aromatic rings. The molecule has 0 radical (unpaired) electrons. The minimum absolute atomic E-state index is 0.0146. The summed E-state index contributed by atoms with van der Waals surface area (Å²) in [5.74, 6) is 2.08. The van der Waals surface area contributed by atoms with Gasteiger partial charge in [0.2, 0.25) is 18.6 Å². The highest BCUT2D eigenvalue weighted by Crippen LogP contribution is 2.55. The number of hydrogen-bond acceptors (Lipinski definition) is 7. The van der Waals surface area contributed by atoms with E-state index < -0.39 is 11.3 Å². The van der Waals surface area contributed by atoms with E-state index in [0.29, 0.717) is 43.1 Å². The molecule has 5 rings (SSSR count). The van der Waals surface area contributed by atoms with E-state index in [1.807, 2.05) is 40.9 Å². The molecule has 8 nitrogen and oxygen atoms in total. The first kappa shape index (κ1) is 25.0. The first-order valence-electron chi connectivity index (χ1n) is 12.6. The molecule has 0 bridgehead atoms. The molecule has 0 saturated carbocycles. The second-order valence-corrected chi connectivity index (χ2v) is 12.1. The number of benzene rings is 1. The van der Waals surface area contributed by atoms with Gasteiger partial charge in [0.05, 0.1) is 13.7 Å². The Hall–Kier alpha value is -2.68. The molecule has 2 amide bonds. The number of hydrogen-bond donors (Lipinski definition) is 0. The summed E-state index contributed by atoms with van der Waals surface area (Å²) in [6.07, 6.45) is 3.74. The van der Waals surface area contributed by atoms with Crippen LogP contribution in [0.3, 0.4) is 0 Å². The smallest absolute Gasteiger partial charge is 0.317 e. The van der Waals surface area contributed by atoms with Crippen molar-refractivity contribution in [2.45, 2.75) is 46.1 Å². The number of fused-ring (bicyclic) bond motifs is 2. The zero-order chi connectivity index (χ0) is 25.5. The Labute approximate surface area is 216 Å².